The van der Waals surface area contributed by atoms with E-state index in [-0.39, 0.29) is 12.1 Å². The van der Waals surface area contributed by atoms with Crippen LogP contribution in [0.1, 0.15) is 6.92 Å². The van der Waals surface area contributed by atoms with E-state index in [2.05, 4.69) is 13.2 Å². The smallest absolute Gasteiger partial charge is 0.303 e. The van der Waals surface area contributed by atoms with E-state index in [1.54, 1.807) is 6.08 Å². The number of hydrogen-bond donors (Lipinski definition) is 0. The Bertz CT molecular complexity index is 223. The van der Waals surface area contributed by atoms with Crippen molar-refractivity contribution in [1.82, 2.24) is 4.90 Å². The van der Waals surface area contributed by atoms with Crippen LogP contribution in [0, 0.1) is 0 Å². The van der Waals surface area contributed by atoms with E-state index in [4.69, 9.17) is 4.74 Å². The minimum Gasteiger partial charge on any atom is -0.456 e. The lowest BCUT2D eigenvalue weighted by Crippen LogP contribution is -2.22. The summed E-state index contributed by atoms with van der Waals surface area (Å²) >= 11 is 0. The second kappa shape index (κ2) is 3.43. The Morgan fingerprint density at radius 3 is 2.83 bits per heavy atom. The minimum atomic E-state index is -0.271. The number of carbonyl (C=O) groups excluding carboxylic acids is 1. The summed E-state index contributed by atoms with van der Waals surface area (Å²) in [6.07, 6.45) is 1.43. The summed E-state index contributed by atoms with van der Waals surface area (Å²) in [5.74, 6) is -0.271. The zero-order valence-corrected chi connectivity index (χ0v) is 7.25. The van der Waals surface area contributed by atoms with Crippen LogP contribution in [0.25, 0.3) is 0 Å². The molecule has 1 heterocycles. The van der Waals surface area contributed by atoms with Gasteiger partial charge in [0.05, 0.1) is 13.1 Å². The van der Waals surface area contributed by atoms with E-state index >= 15 is 0 Å². The normalized spacial score (nSPS) is 17.1. The van der Waals surface area contributed by atoms with Gasteiger partial charge in [0.2, 0.25) is 0 Å². The number of ether oxygens (including phenoxy) is 1. The molecule has 1 aliphatic rings. The molecule has 0 spiro atoms. The van der Waals surface area contributed by atoms with Crippen LogP contribution < -0.4 is 0 Å². The van der Waals surface area contributed by atoms with Gasteiger partial charge in [-0.25, -0.2) is 0 Å². The van der Waals surface area contributed by atoms with E-state index < -0.39 is 0 Å². The van der Waals surface area contributed by atoms with Crippen molar-refractivity contribution in [2.45, 2.75) is 13.0 Å². The average molecular weight is 167 g/mol. The fraction of sp³-hybridized carbons (Fsp3) is 0.444. The molecular formula is C9H13NO2. The fourth-order valence-corrected chi connectivity index (χ4v) is 0.969. The molecule has 0 saturated carbocycles. The van der Waals surface area contributed by atoms with Crippen molar-refractivity contribution < 1.29 is 9.53 Å². The molecule has 1 unspecified atom stereocenters. The van der Waals surface area contributed by atoms with E-state index in [1.165, 1.54) is 6.92 Å². The van der Waals surface area contributed by atoms with E-state index in [1.807, 2.05) is 4.90 Å². The first-order valence-electron chi connectivity index (χ1n) is 3.86. The maximum atomic E-state index is 10.6. The van der Waals surface area contributed by atoms with Crippen molar-refractivity contribution >= 4 is 5.97 Å². The fourth-order valence-electron chi connectivity index (χ4n) is 0.969. The van der Waals surface area contributed by atoms with Crippen LogP contribution in [-0.4, -0.2) is 30.1 Å². The number of hydrogen-bond acceptors (Lipinski definition) is 3. The van der Waals surface area contributed by atoms with Crippen molar-refractivity contribution in [2.24, 2.45) is 0 Å². The summed E-state index contributed by atoms with van der Waals surface area (Å²) in [6.45, 7) is 10.3. The standard InChI is InChI=1S/C9H13NO2/c1-4-9(12-8(3)11)6-10-5-7(10)2/h4,9H,1-2,5-6H2,3H3. The van der Waals surface area contributed by atoms with Crippen molar-refractivity contribution in [3.63, 3.8) is 0 Å². The number of nitrogens with zero attached hydrogens (tertiary/aromatic N) is 1. The molecule has 66 valence electrons. The van der Waals surface area contributed by atoms with Gasteiger partial charge in [-0.15, -0.1) is 0 Å². The van der Waals surface area contributed by atoms with Crippen LogP contribution in [0.4, 0.5) is 0 Å². The molecule has 0 aliphatic carbocycles. The highest BCUT2D eigenvalue weighted by atomic mass is 16.5. The van der Waals surface area contributed by atoms with Crippen LogP contribution in [-0.2, 0) is 9.53 Å². The highest BCUT2D eigenvalue weighted by Crippen LogP contribution is 2.20. The molecule has 0 radical (unpaired) electrons. The Hall–Kier alpha value is -1.25. The molecule has 1 saturated heterocycles. The molecule has 0 bridgehead atoms. The predicted molar refractivity (Wildman–Crippen MR) is 46.5 cm³/mol. The lowest BCUT2D eigenvalue weighted by molar-refractivity contribution is -0.144. The molecule has 0 aromatic carbocycles. The third-order valence-corrected chi connectivity index (χ3v) is 1.70. The van der Waals surface area contributed by atoms with E-state index in [0.29, 0.717) is 6.54 Å². The lowest BCUT2D eigenvalue weighted by Gasteiger charge is -2.12. The molecule has 0 aromatic rings. The summed E-state index contributed by atoms with van der Waals surface area (Å²) in [6, 6.07) is 0. The third kappa shape index (κ3) is 2.42. The molecule has 0 amide bonds. The van der Waals surface area contributed by atoms with Gasteiger partial charge in [-0.05, 0) is 6.08 Å². The molecule has 1 atom stereocenters. The molecule has 3 heteroatoms. The molecule has 0 N–H and O–H groups in total. The molecule has 0 aromatic heterocycles. The first-order valence-corrected chi connectivity index (χ1v) is 3.86. The monoisotopic (exact) mass is 167 g/mol. The molecule has 12 heavy (non-hydrogen) atoms. The zero-order valence-electron chi connectivity index (χ0n) is 7.25. The van der Waals surface area contributed by atoms with E-state index in [0.717, 1.165) is 12.2 Å². The summed E-state index contributed by atoms with van der Waals surface area (Å²) in [5.41, 5.74) is 1.09. The van der Waals surface area contributed by atoms with E-state index in [9.17, 15) is 4.79 Å². The quantitative estimate of drug-likeness (QED) is 0.354. The highest BCUT2D eigenvalue weighted by molar-refractivity contribution is 5.66. The Labute approximate surface area is 72.3 Å². The number of rotatable bonds is 4. The van der Waals surface area contributed by atoms with Gasteiger partial charge in [-0.2, -0.15) is 0 Å². The SMILES string of the molecule is C=CC(CN1CC1=C)OC(C)=O. The van der Waals surface area contributed by atoms with Gasteiger partial charge in [0, 0.05) is 12.6 Å². The Morgan fingerprint density at radius 1 is 1.92 bits per heavy atom. The maximum Gasteiger partial charge on any atom is 0.303 e. The van der Waals surface area contributed by atoms with Gasteiger partial charge in [-0.1, -0.05) is 13.2 Å². The number of carbonyl (C=O) groups is 1. The van der Waals surface area contributed by atoms with Crippen molar-refractivity contribution in [3.05, 3.63) is 24.9 Å². The van der Waals surface area contributed by atoms with Crippen molar-refractivity contribution in [2.75, 3.05) is 13.1 Å². The molecular weight excluding hydrogens is 154 g/mol. The van der Waals surface area contributed by atoms with Crippen LogP contribution >= 0.6 is 0 Å². The predicted octanol–water partition coefficient (Wildman–Crippen LogP) is 0.933. The topological polar surface area (TPSA) is 29.3 Å². The summed E-state index contributed by atoms with van der Waals surface area (Å²) in [4.78, 5) is 12.6. The van der Waals surface area contributed by atoms with Crippen molar-refractivity contribution in [1.29, 1.82) is 0 Å². The maximum absolute atomic E-state index is 10.6. The largest absolute Gasteiger partial charge is 0.456 e. The zero-order chi connectivity index (χ0) is 9.14. The second-order valence-electron chi connectivity index (χ2n) is 2.83. The van der Waals surface area contributed by atoms with Gasteiger partial charge in [-0.3, -0.25) is 4.79 Å². The molecule has 1 rings (SSSR count). The first-order chi connectivity index (χ1) is 5.63. The van der Waals surface area contributed by atoms with Crippen LogP contribution in [0.3, 0.4) is 0 Å². The van der Waals surface area contributed by atoms with Crippen LogP contribution in [0.5, 0.6) is 0 Å². The van der Waals surface area contributed by atoms with Gasteiger partial charge in [0.15, 0.2) is 0 Å². The highest BCUT2D eigenvalue weighted by Gasteiger charge is 2.25. The summed E-state index contributed by atoms with van der Waals surface area (Å²) < 4.78 is 4.96. The van der Waals surface area contributed by atoms with Crippen LogP contribution in [0.2, 0.25) is 0 Å². The summed E-state index contributed by atoms with van der Waals surface area (Å²) in [5, 5.41) is 0. The summed E-state index contributed by atoms with van der Waals surface area (Å²) in [7, 11) is 0. The van der Waals surface area contributed by atoms with Gasteiger partial charge in [0.1, 0.15) is 6.10 Å². The Balaban J connectivity index is 2.30. The van der Waals surface area contributed by atoms with Crippen LogP contribution in [0.15, 0.2) is 24.9 Å². The van der Waals surface area contributed by atoms with Gasteiger partial charge >= 0.3 is 5.97 Å². The average Bonchev–Trinajstić information content (AvgIpc) is 2.64. The lowest BCUT2D eigenvalue weighted by atomic mass is 10.3. The Morgan fingerprint density at radius 2 is 2.50 bits per heavy atom. The Kier molecular flexibility index (Phi) is 2.53. The number of esters is 1. The van der Waals surface area contributed by atoms with Crippen molar-refractivity contribution in [3.8, 4) is 0 Å². The minimum absolute atomic E-state index is 0.207. The van der Waals surface area contributed by atoms with Gasteiger partial charge < -0.3 is 9.64 Å². The molecule has 1 aliphatic heterocycles. The second-order valence-corrected chi connectivity index (χ2v) is 2.83. The molecule has 3 nitrogen and oxygen atoms in total. The third-order valence-electron chi connectivity index (χ3n) is 1.70. The molecule has 1 fully saturated rings. The van der Waals surface area contributed by atoms with Gasteiger partial charge in [0.25, 0.3) is 0 Å². The first kappa shape index (κ1) is 8.84.